The van der Waals surface area contributed by atoms with Crippen molar-refractivity contribution < 1.29 is 24.1 Å². The molecule has 0 radical (unpaired) electrons. The van der Waals surface area contributed by atoms with Crippen LogP contribution in [0.3, 0.4) is 0 Å². The lowest BCUT2D eigenvalue weighted by Crippen LogP contribution is -2.48. The molecule has 7 heterocycles. The summed E-state index contributed by atoms with van der Waals surface area (Å²) in [7, 11) is 0. The van der Waals surface area contributed by atoms with Gasteiger partial charge in [-0.3, -0.25) is 24.6 Å². The minimum absolute atomic E-state index is 0.0116. The summed E-state index contributed by atoms with van der Waals surface area (Å²) in [4.78, 5) is 59.2. The molecule has 3 aromatic heterocycles. The molecule has 4 aliphatic rings. The fourth-order valence-corrected chi connectivity index (χ4v) is 11.4. The van der Waals surface area contributed by atoms with Gasteiger partial charge in [0.05, 0.1) is 43.7 Å². The number of rotatable bonds is 13. The van der Waals surface area contributed by atoms with Gasteiger partial charge in [0.15, 0.2) is 11.6 Å². The second kappa shape index (κ2) is 19.1. The Morgan fingerprint density at radius 2 is 1.75 bits per heavy atom. The quantitative estimate of drug-likeness (QED) is 0.0759. The Morgan fingerprint density at radius 3 is 2.46 bits per heavy atom. The number of carbonyl (C=O) groups is 2. The molecule has 0 bridgehead atoms. The van der Waals surface area contributed by atoms with Crippen molar-refractivity contribution in [1.29, 1.82) is 0 Å². The van der Waals surface area contributed by atoms with E-state index in [9.17, 15) is 24.8 Å². The van der Waals surface area contributed by atoms with Crippen LogP contribution in [0.15, 0.2) is 80.6 Å². The van der Waals surface area contributed by atoms with Gasteiger partial charge in [0.2, 0.25) is 11.8 Å². The van der Waals surface area contributed by atoms with E-state index in [0.717, 1.165) is 102 Å². The molecule has 0 unspecified atom stereocenters. The number of fused-ring (bicyclic) bond motifs is 2. The number of anilines is 4. The van der Waals surface area contributed by atoms with Gasteiger partial charge in [-0.15, -0.1) is 11.3 Å². The van der Waals surface area contributed by atoms with Crippen molar-refractivity contribution in [2.24, 2.45) is 11.8 Å². The molecule has 3 N–H and O–H groups in total. The molecule has 16 nitrogen and oxygen atoms in total. The highest BCUT2D eigenvalue weighted by molar-refractivity contribution is 7.99. The number of hydrogen-bond donors (Lipinski definition) is 3. The Hall–Kier alpha value is -5.56. The second-order valence-electron chi connectivity index (χ2n) is 18.1. The van der Waals surface area contributed by atoms with E-state index in [-0.39, 0.29) is 42.4 Å². The largest absolute Gasteiger partial charge is 0.391 e. The van der Waals surface area contributed by atoms with Gasteiger partial charge in [0.25, 0.3) is 5.69 Å². The number of carbonyl (C=O) groups excluding carboxylic acids is 2. The summed E-state index contributed by atoms with van der Waals surface area (Å²) in [6.07, 6.45) is 4.06. The number of β-amino-alcohol motifs (C(OH)–C–C–N with tert-alkyl or cyclic N) is 1. The number of aryl methyl sites for hydroxylation is 1. The number of pyridine rings is 1. The van der Waals surface area contributed by atoms with Crippen LogP contribution in [0.4, 0.5) is 28.7 Å². The molecule has 65 heavy (non-hydrogen) atoms. The zero-order valence-electron chi connectivity index (χ0n) is 37.2. The van der Waals surface area contributed by atoms with Crippen molar-refractivity contribution in [1.82, 2.24) is 30.2 Å². The number of likely N-dealkylation sites (tertiary alicyclic amines) is 1. The van der Waals surface area contributed by atoms with Gasteiger partial charge >= 0.3 is 0 Å². The van der Waals surface area contributed by atoms with E-state index in [2.05, 4.69) is 58.7 Å². The molecule has 4 atom stereocenters. The summed E-state index contributed by atoms with van der Waals surface area (Å²) in [5, 5.41) is 32.9. The van der Waals surface area contributed by atoms with Crippen LogP contribution in [-0.2, 0) is 9.59 Å². The van der Waals surface area contributed by atoms with E-state index in [1.54, 1.807) is 17.4 Å². The average molecular weight is 921 g/mol. The van der Waals surface area contributed by atoms with Crippen LogP contribution in [0.25, 0.3) is 10.4 Å². The van der Waals surface area contributed by atoms with E-state index >= 15 is 0 Å². The minimum atomic E-state index is -0.804. The van der Waals surface area contributed by atoms with E-state index < -0.39 is 23.0 Å². The Morgan fingerprint density at radius 1 is 0.985 bits per heavy atom. The maximum atomic E-state index is 14.3. The van der Waals surface area contributed by atoms with Gasteiger partial charge < -0.3 is 35.0 Å². The van der Waals surface area contributed by atoms with Crippen LogP contribution in [0, 0.1) is 28.9 Å². The molecule has 0 aliphatic carbocycles. The Bertz CT molecular complexity index is 2520. The minimum Gasteiger partial charge on any atom is -0.391 e. The first-order valence-electron chi connectivity index (χ1n) is 22.6. The van der Waals surface area contributed by atoms with Crippen LogP contribution in [0.2, 0.25) is 0 Å². The summed E-state index contributed by atoms with van der Waals surface area (Å²) in [6, 6.07) is 16.8. The summed E-state index contributed by atoms with van der Waals surface area (Å²) in [6.45, 7) is 14.4. The molecule has 0 spiro atoms. The molecular formula is C47H56N10O6S2. The molecule has 18 heteroatoms. The van der Waals surface area contributed by atoms with Gasteiger partial charge in [-0.2, -0.15) is 0 Å². The average Bonchev–Trinajstić information content (AvgIpc) is 4.08. The van der Waals surface area contributed by atoms with Gasteiger partial charge in [0, 0.05) is 74.9 Å². The normalized spacial score (nSPS) is 20.0. The standard InChI is InChI=1S/C47H56N10O6S2/c1-28(2)43(47(60)56-26-36(58)23-38(56)46(59)50-29(3)32-5-7-33(8-6-32)44-30(4)49-27-64-44)39-24-42(52-63-39)55-19-17-53(18-20-55)14-11-31-12-15-54(16-13-31)34-9-10-37-40(21-34)65-41-22-35(57(61)62)25-48-45(41)51-37/h5-10,21-22,24-25,27-29,31,36,38,43,58H,11-20,23,26H2,1-4H3,(H,48,51)(H,50,59)/t29-,36+,38-,43+/m0/s1. The third-order valence-electron chi connectivity index (χ3n) is 13.4. The number of benzene rings is 2. The maximum absolute atomic E-state index is 14.3. The number of nitrogens with zero attached hydrogens (tertiary/aromatic N) is 8. The lowest BCUT2D eigenvalue weighted by molar-refractivity contribution is -0.385. The van der Waals surface area contributed by atoms with E-state index in [0.29, 0.717) is 23.3 Å². The zero-order valence-corrected chi connectivity index (χ0v) is 38.8. The molecule has 4 aliphatic heterocycles. The molecule has 2 amide bonds. The number of nitrogens with one attached hydrogen (secondary N) is 2. The first-order chi connectivity index (χ1) is 31.4. The molecule has 9 rings (SSSR count). The smallest absolute Gasteiger partial charge is 0.288 e. The van der Waals surface area contributed by atoms with Crippen molar-refractivity contribution in [2.45, 2.75) is 87.3 Å². The number of thiazole rings is 1. The Balaban J connectivity index is 0.740. The van der Waals surface area contributed by atoms with Crippen molar-refractivity contribution in [3.8, 4) is 10.4 Å². The summed E-state index contributed by atoms with van der Waals surface area (Å²) < 4.78 is 5.91. The second-order valence-corrected chi connectivity index (χ2v) is 20.0. The topological polar surface area (TPSA) is 186 Å². The van der Waals surface area contributed by atoms with Crippen molar-refractivity contribution in [2.75, 3.05) is 67.5 Å². The molecule has 5 aromatic rings. The van der Waals surface area contributed by atoms with E-state index in [1.807, 2.05) is 63.5 Å². The van der Waals surface area contributed by atoms with Crippen LogP contribution in [0.5, 0.6) is 0 Å². The highest BCUT2D eigenvalue weighted by Gasteiger charge is 2.44. The number of amides is 2. The summed E-state index contributed by atoms with van der Waals surface area (Å²) >= 11 is 3.11. The number of piperidine rings is 1. The van der Waals surface area contributed by atoms with Crippen LogP contribution < -0.4 is 20.4 Å². The predicted octanol–water partition coefficient (Wildman–Crippen LogP) is 7.63. The predicted molar refractivity (Wildman–Crippen MR) is 252 cm³/mol. The SMILES string of the molecule is Cc1ncsc1-c1ccc([C@H](C)NC(=O)[C@@H]2C[C@@H](O)CN2C(=O)[C@@H](c2cc(N3CCN(CCC4CCN(c5ccc6c(c5)Sc5cc([N+](=O)[O-])cnc5N6)CC4)CC3)no2)C(C)C)cc1. The molecule has 3 fully saturated rings. The fraction of sp³-hybridized carbons (Fsp3) is 0.468. The van der Waals surface area contributed by atoms with E-state index in [1.165, 1.54) is 28.5 Å². The van der Waals surface area contributed by atoms with Gasteiger partial charge in [-0.25, -0.2) is 9.97 Å². The fourth-order valence-electron chi connectivity index (χ4n) is 9.58. The summed E-state index contributed by atoms with van der Waals surface area (Å²) in [5.41, 5.74) is 6.96. The number of hydrogen-bond acceptors (Lipinski definition) is 15. The van der Waals surface area contributed by atoms with Crippen LogP contribution in [-0.4, -0.2) is 111 Å². The third kappa shape index (κ3) is 9.71. The third-order valence-corrected chi connectivity index (χ3v) is 15.5. The monoisotopic (exact) mass is 920 g/mol. The van der Waals surface area contributed by atoms with Crippen LogP contribution in [0.1, 0.15) is 75.4 Å². The summed E-state index contributed by atoms with van der Waals surface area (Å²) in [5.74, 6) is 1.15. The first kappa shape index (κ1) is 44.6. The van der Waals surface area contributed by atoms with Crippen molar-refractivity contribution in [3.63, 3.8) is 0 Å². The highest BCUT2D eigenvalue weighted by atomic mass is 32.2. The lowest BCUT2D eigenvalue weighted by atomic mass is 9.91. The van der Waals surface area contributed by atoms with Crippen molar-refractivity contribution >= 4 is 63.6 Å². The zero-order chi connectivity index (χ0) is 45.4. The maximum Gasteiger partial charge on any atom is 0.288 e. The highest BCUT2D eigenvalue weighted by Crippen LogP contribution is 2.46. The molecule has 0 saturated carbocycles. The van der Waals surface area contributed by atoms with Gasteiger partial charge in [-0.05, 0) is 80.8 Å². The first-order valence-corrected chi connectivity index (χ1v) is 24.3. The Labute approximate surface area is 386 Å². The van der Waals surface area contributed by atoms with E-state index in [4.69, 9.17) is 4.52 Å². The number of aromatic nitrogens is 3. The van der Waals surface area contributed by atoms with Crippen LogP contribution >= 0.6 is 23.1 Å². The van der Waals surface area contributed by atoms with Gasteiger partial charge in [-0.1, -0.05) is 55.0 Å². The van der Waals surface area contributed by atoms with Gasteiger partial charge in [0.1, 0.15) is 24.0 Å². The Kier molecular flexibility index (Phi) is 13.1. The molecule has 3 saturated heterocycles. The molecule has 2 aromatic carbocycles. The lowest BCUT2D eigenvalue weighted by Gasteiger charge is -2.37. The molecule has 342 valence electrons. The number of nitro groups is 1. The number of aliphatic hydroxyl groups is 1. The number of piperazine rings is 1. The van der Waals surface area contributed by atoms with Crippen molar-refractivity contribution in [3.05, 3.63) is 93.4 Å². The molecular weight excluding hydrogens is 865 g/mol. The number of aliphatic hydroxyl groups excluding tert-OH is 1.